The zero-order valence-corrected chi connectivity index (χ0v) is 8.79. The largest absolute Gasteiger partial charge is 0.320 e. The van der Waals surface area contributed by atoms with Gasteiger partial charge in [0.15, 0.2) is 0 Å². The minimum atomic E-state index is -0.149. The van der Waals surface area contributed by atoms with Crippen LogP contribution in [0.5, 0.6) is 0 Å². The van der Waals surface area contributed by atoms with Crippen LogP contribution in [0.3, 0.4) is 0 Å². The van der Waals surface area contributed by atoms with Gasteiger partial charge < -0.3 is 5.73 Å². The third kappa shape index (κ3) is 1.67. The molecule has 76 valence electrons. The van der Waals surface area contributed by atoms with E-state index in [-0.39, 0.29) is 5.54 Å². The first-order valence-electron chi connectivity index (χ1n) is 5.43. The highest BCUT2D eigenvalue weighted by atomic mass is 14.8. The first-order valence-corrected chi connectivity index (χ1v) is 5.43. The zero-order valence-electron chi connectivity index (χ0n) is 8.79. The summed E-state index contributed by atoms with van der Waals surface area (Å²) in [4.78, 5) is 4.45. The first kappa shape index (κ1) is 9.66. The Kier molecular flexibility index (Phi) is 2.55. The van der Waals surface area contributed by atoms with Crippen molar-refractivity contribution in [2.75, 3.05) is 0 Å². The molecule has 1 heterocycles. The highest BCUT2D eigenvalue weighted by Gasteiger charge is 2.31. The molecule has 1 aliphatic rings. The van der Waals surface area contributed by atoms with Gasteiger partial charge in [0.25, 0.3) is 0 Å². The fourth-order valence-electron chi connectivity index (χ4n) is 2.43. The molecule has 0 atom stereocenters. The van der Waals surface area contributed by atoms with Gasteiger partial charge in [-0.25, -0.2) is 0 Å². The van der Waals surface area contributed by atoms with Crippen molar-refractivity contribution >= 4 is 0 Å². The maximum Gasteiger partial charge on any atom is 0.0631 e. The van der Waals surface area contributed by atoms with Crippen LogP contribution in [0.4, 0.5) is 0 Å². The molecule has 1 aliphatic carbocycles. The smallest absolute Gasteiger partial charge is 0.0631 e. The van der Waals surface area contributed by atoms with E-state index in [9.17, 15) is 0 Å². The summed E-state index contributed by atoms with van der Waals surface area (Å²) in [5.74, 6) is 0. The Balaban J connectivity index is 2.32. The summed E-state index contributed by atoms with van der Waals surface area (Å²) in [7, 11) is 0. The Morgan fingerprint density at radius 2 is 2.00 bits per heavy atom. The van der Waals surface area contributed by atoms with Crippen molar-refractivity contribution in [1.29, 1.82) is 0 Å². The van der Waals surface area contributed by atoms with E-state index in [4.69, 9.17) is 5.73 Å². The number of rotatable bonds is 1. The van der Waals surface area contributed by atoms with Crippen LogP contribution in [-0.2, 0) is 5.54 Å². The standard InChI is InChI=1S/C12H18N2/c1-10-6-5-9-14-11(10)12(13)7-3-2-4-8-12/h5-6,9H,2-4,7-8,13H2,1H3. The van der Waals surface area contributed by atoms with E-state index >= 15 is 0 Å². The van der Waals surface area contributed by atoms with E-state index < -0.39 is 0 Å². The number of pyridine rings is 1. The van der Waals surface area contributed by atoms with Crippen LogP contribution in [0.25, 0.3) is 0 Å². The van der Waals surface area contributed by atoms with E-state index in [2.05, 4.69) is 18.0 Å². The van der Waals surface area contributed by atoms with Crippen LogP contribution < -0.4 is 5.73 Å². The second-order valence-corrected chi connectivity index (χ2v) is 4.39. The Labute approximate surface area is 85.5 Å². The van der Waals surface area contributed by atoms with Gasteiger partial charge in [0.05, 0.1) is 11.2 Å². The molecule has 0 bridgehead atoms. The van der Waals surface area contributed by atoms with E-state index in [1.165, 1.54) is 24.8 Å². The highest BCUT2D eigenvalue weighted by Crippen LogP contribution is 2.34. The Bertz CT molecular complexity index is 314. The van der Waals surface area contributed by atoms with Gasteiger partial charge in [-0.05, 0) is 31.4 Å². The van der Waals surface area contributed by atoms with Crippen molar-refractivity contribution in [2.24, 2.45) is 5.73 Å². The number of nitrogens with zero attached hydrogens (tertiary/aromatic N) is 1. The molecule has 1 aromatic heterocycles. The quantitative estimate of drug-likeness (QED) is 0.739. The maximum absolute atomic E-state index is 6.42. The van der Waals surface area contributed by atoms with Crippen LogP contribution in [0.15, 0.2) is 18.3 Å². The van der Waals surface area contributed by atoms with Crippen LogP contribution >= 0.6 is 0 Å². The van der Waals surface area contributed by atoms with Crippen LogP contribution in [0.2, 0.25) is 0 Å². The van der Waals surface area contributed by atoms with Gasteiger partial charge in [-0.15, -0.1) is 0 Å². The highest BCUT2D eigenvalue weighted by molar-refractivity contribution is 5.25. The SMILES string of the molecule is Cc1cccnc1C1(N)CCCCC1. The zero-order chi connectivity index (χ0) is 10.0. The van der Waals surface area contributed by atoms with Gasteiger partial charge in [0, 0.05) is 6.20 Å². The molecular formula is C12H18N2. The van der Waals surface area contributed by atoms with Crippen LogP contribution in [0, 0.1) is 6.92 Å². The Morgan fingerprint density at radius 1 is 1.29 bits per heavy atom. The van der Waals surface area contributed by atoms with Crippen molar-refractivity contribution in [2.45, 2.75) is 44.6 Å². The summed E-state index contributed by atoms with van der Waals surface area (Å²) in [6.07, 6.45) is 7.84. The van der Waals surface area contributed by atoms with Gasteiger partial charge in [-0.3, -0.25) is 4.98 Å². The van der Waals surface area contributed by atoms with Gasteiger partial charge in [0.1, 0.15) is 0 Å². The lowest BCUT2D eigenvalue weighted by Crippen LogP contribution is -2.40. The van der Waals surface area contributed by atoms with Crippen molar-refractivity contribution in [3.63, 3.8) is 0 Å². The topological polar surface area (TPSA) is 38.9 Å². The number of aromatic nitrogens is 1. The fourth-order valence-corrected chi connectivity index (χ4v) is 2.43. The predicted octanol–water partition coefficient (Wildman–Crippen LogP) is 2.51. The molecule has 1 aromatic rings. The van der Waals surface area contributed by atoms with E-state index in [1.807, 2.05) is 12.3 Å². The van der Waals surface area contributed by atoms with E-state index in [0.717, 1.165) is 18.5 Å². The lowest BCUT2D eigenvalue weighted by Gasteiger charge is -2.33. The molecule has 0 saturated heterocycles. The molecule has 2 rings (SSSR count). The average Bonchev–Trinajstić information content (AvgIpc) is 2.19. The van der Waals surface area contributed by atoms with Gasteiger partial charge >= 0.3 is 0 Å². The minimum Gasteiger partial charge on any atom is -0.320 e. The second-order valence-electron chi connectivity index (χ2n) is 4.39. The lowest BCUT2D eigenvalue weighted by atomic mass is 9.78. The summed E-state index contributed by atoms with van der Waals surface area (Å²) in [6.45, 7) is 2.10. The van der Waals surface area contributed by atoms with Gasteiger partial charge in [0.2, 0.25) is 0 Å². The fraction of sp³-hybridized carbons (Fsp3) is 0.583. The molecular weight excluding hydrogens is 172 g/mol. The normalized spacial score (nSPS) is 20.7. The summed E-state index contributed by atoms with van der Waals surface area (Å²) >= 11 is 0. The van der Waals surface area contributed by atoms with Crippen LogP contribution in [-0.4, -0.2) is 4.98 Å². The Hall–Kier alpha value is -0.890. The molecule has 1 fully saturated rings. The average molecular weight is 190 g/mol. The van der Waals surface area contributed by atoms with Crippen molar-refractivity contribution in [3.8, 4) is 0 Å². The van der Waals surface area contributed by atoms with E-state index in [0.29, 0.717) is 0 Å². The second kappa shape index (κ2) is 3.70. The van der Waals surface area contributed by atoms with Crippen molar-refractivity contribution in [1.82, 2.24) is 4.98 Å². The minimum absolute atomic E-state index is 0.149. The first-order chi connectivity index (χ1) is 6.72. The molecule has 1 saturated carbocycles. The van der Waals surface area contributed by atoms with Gasteiger partial charge in [-0.2, -0.15) is 0 Å². The number of aryl methyl sites for hydroxylation is 1. The summed E-state index contributed by atoms with van der Waals surface area (Å²) < 4.78 is 0. The Morgan fingerprint density at radius 3 is 2.64 bits per heavy atom. The molecule has 0 spiro atoms. The molecule has 2 N–H and O–H groups in total. The molecule has 2 heteroatoms. The predicted molar refractivity (Wildman–Crippen MR) is 57.9 cm³/mol. The van der Waals surface area contributed by atoms with Crippen molar-refractivity contribution in [3.05, 3.63) is 29.6 Å². The molecule has 0 amide bonds. The molecule has 0 aliphatic heterocycles. The van der Waals surface area contributed by atoms with E-state index in [1.54, 1.807) is 0 Å². The van der Waals surface area contributed by atoms with Crippen LogP contribution in [0.1, 0.15) is 43.4 Å². The summed E-state index contributed by atoms with van der Waals surface area (Å²) in [6, 6.07) is 4.08. The summed E-state index contributed by atoms with van der Waals surface area (Å²) in [5, 5.41) is 0. The maximum atomic E-state index is 6.42. The van der Waals surface area contributed by atoms with Gasteiger partial charge in [-0.1, -0.05) is 25.3 Å². The molecule has 0 unspecified atom stereocenters. The number of hydrogen-bond donors (Lipinski definition) is 1. The third-order valence-corrected chi connectivity index (χ3v) is 3.23. The molecule has 0 radical (unpaired) electrons. The third-order valence-electron chi connectivity index (χ3n) is 3.23. The molecule has 2 nitrogen and oxygen atoms in total. The molecule has 14 heavy (non-hydrogen) atoms. The lowest BCUT2D eigenvalue weighted by molar-refractivity contribution is 0.293. The summed E-state index contributed by atoms with van der Waals surface area (Å²) in [5.41, 5.74) is 8.61. The monoisotopic (exact) mass is 190 g/mol. The van der Waals surface area contributed by atoms with Crippen molar-refractivity contribution < 1.29 is 0 Å². The number of nitrogens with two attached hydrogens (primary N) is 1. The molecule has 0 aromatic carbocycles. The number of hydrogen-bond acceptors (Lipinski definition) is 2.